The quantitative estimate of drug-likeness (QED) is 0.618. The third-order valence-corrected chi connectivity index (χ3v) is 8.47. The molecule has 8 nitrogen and oxygen atoms in total. The highest BCUT2D eigenvalue weighted by Crippen LogP contribution is 2.21. The normalized spacial score (nSPS) is 15.5. The maximum atomic E-state index is 12.9. The summed E-state index contributed by atoms with van der Waals surface area (Å²) < 4.78 is 53.3. The van der Waals surface area contributed by atoms with Gasteiger partial charge in [-0.15, -0.1) is 0 Å². The molecule has 31 heavy (non-hydrogen) atoms. The molecule has 2 aromatic carbocycles. The first-order valence-electron chi connectivity index (χ1n) is 10.1. The highest BCUT2D eigenvalue weighted by atomic mass is 32.2. The van der Waals surface area contributed by atoms with Crippen LogP contribution in [0, 0.1) is 0 Å². The molecule has 0 unspecified atom stereocenters. The minimum Gasteiger partial charge on any atom is -0.348 e. The van der Waals surface area contributed by atoms with E-state index >= 15 is 0 Å². The van der Waals surface area contributed by atoms with Crippen LogP contribution in [0.15, 0.2) is 53.4 Å². The number of hydrogen-bond donors (Lipinski definition) is 2. The van der Waals surface area contributed by atoms with Gasteiger partial charge in [-0.2, -0.15) is 4.31 Å². The number of piperidine rings is 1. The van der Waals surface area contributed by atoms with Crippen molar-refractivity contribution in [2.45, 2.75) is 36.5 Å². The molecule has 0 aliphatic carbocycles. The number of carbonyl (C=O) groups is 1. The Labute approximate surface area is 183 Å². The molecule has 1 saturated heterocycles. The summed E-state index contributed by atoms with van der Waals surface area (Å²) in [6, 6.07) is 12.9. The Kier molecular flexibility index (Phi) is 7.47. The van der Waals surface area contributed by atoms with Crippen molar-refractivity contribution in [3.05, 3.63) is 65.2 Å². The molecule has 168 valence electrons. The van der Waals surface area contributed by atoms with Crippen LogP contribution in [-0.4, -0.2) is 47.2 Å². The number of nitrogens with one attached hydrogen (secondary N) is 2. The lowest BCUT2D eigenvalue weighted by Gasteiger charge is -2.26. The Morgan fingerprint density at radius 3 is 2.29 bits per heavy atom. The number of carbonyl (C=O) groups excluding carboxylic acids is 1. The molecule has 1 aliphatic heterocycles. The van der Waals surface area contributed by atoms with Gasteiger partial charge in [0.15, 0.2) is 0 Å². The van der Waals surface area contributed by atoms with Crippen LogP contribution in [-0.2, 0) is 32.3 Å². The molecule has 10 heteroatoms. The summed E-state index contributed by atoms with van der Waals surface area (Å²) in [6.45, 7) is 1.10. The number of benzene rings is 2. The Morgan fingerprint density at radius 1 is 0.935 bits per heavy atom. The van der Waals surface area contributed by atoms with Crippen molar-refractivity contribution in [1.29, 1.82) is 0 Å². The van der Waals surface area contributed by atoms with Crippen LogP contribution < -0.4 is 10.0 Å². The third-order valence-electron chi connectivity index (χ3n) is 5.26. The summed E-state index contributed by atoms with van der Waals surface area (Å²) in [7, 11) is -5.74. The largest absolute Gasteiger partial charge is 0.348 e. The first-order valence-corrected chi connectivity index (χ1v) is 13.2. The van der Waals surface area contributed by atoms with E-state index in [0.29, 0.717) is 24.2 Å². The predicted octanol–water partition coefficient (Wildman–Crippen LogP) is 1.84. The first kappa shape index (κ1) is 23.4. The summed E-state index contributed by atoms with van der Waals surface area (Å²) in [4.78, 5) is 12.8. The van der Waals surface area contributed by atoms with Crippen LogP contribution in [0.5, 0.6) is 0 Å². The van der Waals surface area contributed by atoms with Gasteiger partial charge in [-0.25, -0.2) is 21.6 Å². The number of amides is 1. The van der Waals surface area contributed by atoms with Crippen molar-refractivity contribution in [3.63, 3.8) is 0 Å². The SMILES string of the molecule is CNS(=O)(=O)Cc1ccccc1CNC(=O)c1cccc(S(=O)(=O)N2CCCCC2)c1. The van der Waals surface area contributed by atoms with E-state index in [4.69, 9.17) is 0 Å². The van der Waals surface area contributed by atoms with Gasteiger partial charge in [0, 0.05) is 25.2 Å². The van der Waals surface area contributed by atoms with Gasteiger partial charge in [0.05, 0.1) is 10.6 Å². The minimum atomic E-state index is -3.64. The van der Waals surface area contributed by atoms with Crippen molar-refractivity contribution < 1.29 is 21.6 Å². The van der Waals surface area contributed by atoms with Gasteiger partial charge in [-0.3, -0.25) is 4.79 Å². The lowest BCUT2D eigenvalue weighted by atomic mass is 10.1. The summed E-state index contributed by atoms with van der Waals surface area (Å²) >= 11 is 0. The van der Waals surface area contributed by atoms with Gasteiger partial charge in [0.2, 0.25) is 20.0 Å². The zero-order chi connectivity index (χ0) is 22.5. The number of rotatable bonds is 8. The van der Waals surface area contributed by atoms with Crippen LogP contribution in [0.25, 0.3) is 0 Å². The minimum absolute atomic E-state index is 0.0996. The van der Waals surface area contributed by atoms with Crippen molar-refractivity contribution in [2.24, 2.45) is 0 Å². The monoisotopic (exact) mass is 465 g/mol. The van der Waals surface area contributed by atoms with E-state index < -0.39 is 26.0 Å². The topological polar surface area (TPSA) is 113 Å². The first-order chi connectivity index (χ1) is 14.7. The lowest BCUT2D eigenvalue weighted by Crippen LogP contribution is -2.35. The Morgan fingerprint density at radius 2 is 1.61 bits per heavy atom. The molecule has 1 amide bonds. The Balaban J connectivity index is 1.73. The molecule has 0 spiro atoms. The fourth-order valence-corrected chi connectivity index (χ4v) is 5.88. The van der Waals surface area contributed by atoms with Gasteiger partial charge in [0.1, 0.15) is 0 Å². The van der Waals surface area contributed by atoms with Gasteiger partial charge in [-0.1, -0.05) is 36.8 Å². The van der Waals surface area contributed by atoms with Crippen molar-refractivity contribution >= 4 is 26.0 Å². The molecule has 1 fully saturated rings. The van der Waals surface area contributed by atoms with Gasteiger partial charge < -0.3 is 5.32 Å². The lowest BCUT2D eigenvalue weighted by molar-refractivity contribution is 0.0950. The van der Waals surface area contributed by atoms with Crippen LogP contribution in [0.1, 0.15) is 40.7 Å². The van der Waals surface area contributed by atoms with Crippen molar-refractivity contribution in [3.8, 4) is 0 Å². The summed E-state index contributed by atoms with van der Waals surface area (Å²) in [5.41, 5.74) is 1.49. The number of nitrogens with zero attached hydrogens (tertiary/aromatic N) is 1. The maximum Gasteiger partial charge on any atom is 0.251 e. The zero-order valence-corrected chi connectivity index (χ0v) is 19.0. The van der Waals surface area contributed by atoms with Crippen molar-refractivity contribution in [2.75, 3.05) is 20.1 Å². The van der Waals surface area contributed by atoms with E-state index in [-0.39, 0.29) is 22.8 Å². The molecule has 2 aromatic rings. The second-order valence-electron chi connectivity index (χ2n) is 7.41. The summed E-state index contributed by atoms with van der Waals surface area (Å²) in [6.07, 6.45) is 2.69. The van der Waals surface area contributed by atoms with E-state index in [1.165, 1.54) is 23.5 Å². The molecule has 0 aromatic heterocycles. The highest BCUT2D eigenvalue weighted by Gasteiger charge is 2.26. The van der Waals surface area contributed by atoms with Crippen molar-refractivity contribution in [1.82, 2.24) is 14.3 Å². The molecule has 0 atom stereocenters. The molecular weight excluding hydrogens is 438 g/mol. The molecule has 2 N–H and O–H groups in total. The summed E-state index contributed by atoms with van der Waals surface area (Å²) in [5, 5.41) is 2.76. The van der Waals surface area contributed by atoms with Gasteiger partial charge in [-0.05, 0) is 49.2 Å². The van der Waals surface area contributed by atoms with Crippen LogP contribution in [0.3, 0.4) is 0 Å². The molecule has 0 saturated carbocycles. The molecule has 0 bridgehead atoms. The second kappa shape index (κ2) is 9.90. The third kappa shape index (κ3) is 5.91. The maximum absolute atomic E-state index is 12.9. The molecule has 1 aliphatic rings. The fourth-order valence-electron chi connectivity index (χ4n) is 3.48. The van der Waals surface area contributed by atoms with E-state index in [0.717, 1.165) is 19.3 Å². The predicted molar refractivity (Wildman–Crippen MR) is 118 cm³/mol. The fraction of sp³-hybridized carbons (Fsp3) is 0.381. The van der Waals surface area contributed by atoms with Crippen LogP contribution >= 0.6 is 0 Å². The average molecular weight is 466 g/mol. The number of sulfonamides is 2. The number of hydrogen-bond acceptors (Lipinski definition) is 5. The standard InChI is InChI=1S/C21H27N3O5S2/c1-22-30(26,27)16-19-9-4-3-8-18(19)15-23-21(25)17-10-7-11-20(14-17)31(28,29)24-12-5-2-6-13-24/h3-4,7-11,14,22H,2,5-6,12-13,15-16H2,1H3,(H,23,25). The van der Waals surface area contributed by atoms with E-state index in [1.54, 1.807) is 36.4 Å². The molecular formula is C21H27N3O5S2. The van der Waals surface area contributed by atoms with E-state index in [9.17, 15) is 21.6 Å². The van der Waals surface area contributed by atoms with E-state index in [2.05, 4.69) is 10.0 Å². The Hall–Kier alpha value is -2.27. The Bertz CT molecular complexity index is 1140. The van der Waals surface area contributed by atoms with E-state index in [1.807, 2.05) is 0 Å². The zero-order valence-electron chi connectivity index (χ0n) is 17.4. The summed E-state index contributed by atoms with van der Waals surface area (Å²) in [5.74, 6) is -0.624. The smallest absolute Gasteiger partial charge is 0.251 e. The molecule has 0 radical (unpaired) electrons. The molecule has 3 rings (SSSR count). The van der Waals surface area contributed by atoms with Crippen LogP contribution in [0.4, 0.5) is 0 Å². The second-order valence-corrected chi connectivity index (χ2v) is 11.3. The van der Waals surface area contributed by atoms with Gasteiger partial charge >= 0.3 is 0 Å². The molecule has 1 heterocycles. The highest BCUT2D eigenvalue weighted by molar-refractivity contribution is 7.89. The average Bonchev–Trinajstić information content (AvgIpc) is 2.78. The van der Waals surface area contributed by atoms with Gasteiger partial charge in [0.25, 0.3) is 5.91 Å². The van der Waals surface area contributed by atoms with Crippen LogP contribution in [0.2, 0.25) is 0 Å².